The van der Waals surface area contributed by atoms with Crippen molar-refractivity contribution in [2.45, 2.75) is 6.54 Å². The molecule has 2 aromatic rings. The highest BCUT2D eigenvalue weighted by Gasteiger charge is 2.01. The number of hydrogen-bond donors (Lipinski definition) is 1. The summed E-state index contributed by atoms with van der Waals surface area (Å²) < 4.78 is 0. The number of aromatic nitrogens is 3. The van der Waals surface area contributed by atoms with E-state index >= 15 is 0 Å². The van der Waals surface area contributed by atoms with Crippen LogP contribution in [0.25, 0.3) is 10.7 Å². The fourth-order valence-electron chi connectivity index (χ4n) is 1.10. The minimum Gasteiger partial charge on any atom is -0.316 e. The van der Waals surface area contributed by atoms with E-state index in [1.807, 2.05) is 19.4 Å². The molecule has 5 heteroatoms. The van der Waals surface area contributed by atoms with Gasteiger partial charge in [-0.2, -0.15) is 0 Å². The maximum Gasteiger partial charge on any atom is 0.171 e. The molecule has 0 spiro atoms. The maximum atomic E-state index is 4.26. The van der Waals surface area contributed by atoms with Gasteiger partial charge in [0.2, 0.25) is 0 Å². The highest BCUT2D eigenvalue weighted by molar-refractivity contribution is 7.13. The number of rotatable bonds is 3. The summed E-state index contributed by atoms with van der Waals surface area (Å²) in [5.74, 6) is 0.743. The summed E-state index contributed by atoms with van der Waals surface area (Å²) in [5, 5.41) is 3.05. The summed E-state index contributed by atoms with van der Waals surface area (Å²) in [6, 6.07) is 0. The van der Waals surface area contributed by atoms with Crippen molar-refractivity contribution in [3.8, 4) is 10.7 Å². The Kier molecular flexibility index (Phi) is 2.81. The second-order valence-electron chi connectivity index (χ2n) is 2.81. The molecule has 0 radical (unpaired) electrons. The lowest BCUT2D eigenvalue weighted by Gasteiger charge is -1.99. The molecule has 14 heavy (non-hydrogen) atoms. The zero-order valence-corrected chi connectivity index (χ0v) is 8.58. The van der Waals surface area contributed by atoms with Crippen LogP contribution in [-0.2, 0) is 6.54 Å². The van der Waals surface area contributed by atoms with Gasteiger partial charge in [-0.1, -0.05) is 0 Å². The van der Waals surface area contributed by atoms with Crippen LogP contribution >= 0.6 is 11.3 Å². The Morgan fingerprint density at radius 1 is 1.29 bits per heavy atom. The predicted octanol–water partition coefficient (Wildman–Crippen LogP) is 1.32. The number of hydrogen-bond acceptors (Lipinski definition) is 5. The third-order valence-electron chi connectivity index (χ3n) is 1.74. The first-order valence-electron chi connectivity index (χ1n) is 4.24. The highest BCUT2D eigenvalue weighted by atomic mass is 32.1. The molecule has 72 valence electrons. The molecule has 0 bridgehead atoms. The molecule has 4 nitrogen and oxygen atoms in total. The fourth-order valence-corrected chi connectivity index (χ4v) is 1.67. The van der Waals surface area contributed by atoms with Gasteiger partial charge in [-0.05, 0) is 7.05 Å². The second kappa shape index (κ2) is 4.26. The Labute approximate surface area is 86.1 Å². The largest absolute Gasteiger partial charge is 0.316 e. The lowest BCUT2D eigenvalue weighted by atomic mass is 10.3. The molecule has 0 saturated carbocycles. The van der Waals surface area contributed by atoms with Crippen LogP contribution < -0.4 is 5.32 Å². The van der Waals surface area contributed by atoms with Crippen molar-refractivity contribution in [2.24, 2.45) is 0 Å². The van der Waals surface area contributed by atoms with Crippen LogP contribution in [0.3, 0.4) is 0 Å². The van der Waals surface area contributed by atoms with Crippen LogP contribution in [0.4, 0.5) is 0 Å². The van der Waals surface area contributed by atoms with E-state index in [4.69, 9.17) is 0 Å². The van der Waals surface area contributed by atoms with Crippen molar-refractivity contribution < 1.29 is 0 Å². The average Bonchev–Trinajstić information content (AvgIpc) is 2.72. The predicted molar refractivity (Wildman–Crippen MR) is 55.9 cm³/mol. The Hall–Kier alpha value is -1.33. The zero-order chi connectivity index (χ0) is 9.80. The Balaban J connectivity index is 2.22. The number of nitrogens with one attached hydrogen (secondary N) is 1. The smallest absolute Gasteiger partial charge is 0.171 e. The van der Waals surface area contributed by atoms with E-state index in [0.29, 0.717) is 0 Å². The second-order valence-corrected chi connectivity index (χ2v) is 3.70. The number of nitrogens with zero attached hydrogens (tertiary/aromatic N) is 3. The molecule has 2 aromatic heterocycles. The molecule has 0 amide bonds. The molecule has 0 aliphatic heterocycles. The van der Waals surface area contributed by atoms with E-state index in [9.17, 15) is 0 Å². The van der Waals surface area contributed by atoms with E-state index in [2.05, 4.69) is 20.3 Å². The summed E-state index contributed by atoms with van der Waals surface area (Å²) >= 11 is 1.54. The summed E-state index contributed by atoms with van der Waals surface area (Å²) in [6.45, 7) is 0.795. The molecule has 1 N–H and O–H groups in total. The highest BCUT2D eigenvalue weighted by Crippen LogP contribution is 2.17. The lowest BCUT2D eigenvalue weighted by Crippen LogP contribution is -2.05. The van der Waals surface area contributed by atoms with Crippen molar-refractivity contribution in [1.29, 1.82) is 0 Å². The molecular weight excluding hydrogens is 196 g/mol. The minimum atomic E-state index is 0.743. The molecule has 2 rings (SSSR count). The van der Waals surface area contributed by atoms with E-state index in [0.717, 1.165) is 22.8 Å². The maximum absolute atomic E-state index is 4.26. The molecule has 0 saturated heterocycles. The Morgan fingerprint density at radius 3 is 2.64 bits per heavy atom. The average molecular weight is 206 g/mol. The summed E-state index contributed by atoms with van der Waals surface area (Å²) in [7, 11) is 1.90. The van der Waals surface area contributed by atoms with Gasteiger partial charge in [0.25, 0.3) is 0 Å². The molecule has 0 aliphatic rings. The quantitative estimate of drug-likeness (QED) is 0.823. The first-order chi connectivity index (χ1) is 6.90. The monoisotopic (exact) mass is 206 g/mol. The van der Waals surface area contributed by atoms with Gasteiger partial charge >= 0.3 is 0 Å². The van der Waals surface area contributed by atoms with Crippen molar-refractivity contribution in [1.82, 2.24) is 20.3 Å². The molecule has 0 atom stereocenters. The van der Waals surface area contributed by atoms with E-state index in [-0.39, 0.29) is 0 Å². The topological polar surface area (TPSA) is 50.7 Å². The van der Waals surface area contributed by atoms with E-state index in [1.165, 1.54) is 0 Å². The van der Waals surface area contributed by atoms with Gasteiger partial charge in [-0.3, -0.25) is 4.98 Å². The van der Waals surface area contributed by atoms with E-state index < -0.39 is 0 Å². The van der Waals surface area contributed by atoms with Gasteiger partial charge in [0, 0.05) is 30.7 Å². The van der Waals surface area contributed by atoms with Gasteiger partial charge in [0.1, 0.15) is 0 Å². The van der Waals surface area contributed by atoms with Crippen molar-refractivity contribution >= 4 is 11.3 Å². The minimum absolute atomic E-state index is 0.743. The molecule has 0 unspecified atom stereocenters. The van der Waals surface area contributed by atoms with Gasteiger partial charge in [0.15, 0.2) is 5.82 Å². The number of thiazole rings is 1. The van der Waals surface area contributed by atoms with Crippen molar-refractivity contribution in [3.63, 3.8) is 0 Å². The Morgan fingerprint density at radius 2 is 2.07 bits per heavy atom. The molecule has 0 fully saturated rings. The first kappa shape index (κ1) is 9.23. The van der Waals surface area contributed by atoms with Crippen LogP contribution in [0.1, 0.15) is 5.56 Å². The summed E-state index contributed by atoms with van der Waals surface area (Å²) in [5.41, 5.74) is 2.86. The molecule has 0 aromatic carbocycles. The van der Waals surface area contributed by atoms with Gasteiger partial charge < -0.3 is 5.32 Å². The normalized spacial score (nSPS) is 10.4. The van der Waals surface area contributed by atoms with Crippen LogP contribution in [0, 0.1) is 0 Å². The van der Waals surface area contributed by atoms with Gasteiger partial charge in [-0.15, -0.1) is 11.3 Å². The molecular formula is C9H10N4S. The van der Waals surface area contributed by atoms with E-state index in [1.54, 1.807) is 23.0 Å². The van der Waals surface area contributed by atoms with Crippen LogP contribution in [0.5, 0.6) is 0 Å². The molecule has 0 aliphatic carbocycles. The first-order valence-corrected chi connectivity index (χ1v) is 5.12. The standard InChI is InChI=1S/C9H10N4S/c1-10-2-7-3-12-9(13-4-7)8-5-11-6-14-8/h3-6,10H,2H2,1H3. The Bertz CT molecular complexity index is 382. The van der Waals surface area contributed by atoms with Crippen molar-refractivity contribution in [2.75, 3.05) is 7.05 Å². The fraction of sp³-hybridized carbons (Fsp3) is 0.222. The van der Waals surface area contributed by atoms with Crippen LogP contribution in [-0.4, -0.2) is 22.0 Å². The van der Waals surface area contributed by atoms with Gasteiger partial charge in [0.05, 0.1) is 10.4 Å². The molecule has 2 heterocycles. The third-order valence-corrected chi connectivity index (χ3v) is 2.51. The third kappa shape index (κ3) is 1.94. The van der Waals surface area contributed by atoms with Crippen molar-refractivity contribution in [3.05, 3.63) is 29.7 Å². The summed E-state index contributed by atoms with van der Waals surface area (Å²) in [4.78, 5) is 13.5. The van der Waals surface area contributed by atoms with Gasteiger partial charge in [-0.25, -0.2) is 9.97 Å². The SMILES string of the molecule is CNCc1cnc(-c2cncs2)nc1. The summed E-state index contributed by atoms with van der Waals surface area (Å²) in [6.07, 6.45) is 5.44. The van der Waals surface area contributed by atoms with Crippen LogP contribution in [0.15, 0.2) is 24.1 Å². The lowest BCUT2D eigenvalue weighted by molar-refractivity contribution is 0.807. The van der Waals surface area contributed by atoms with Crippen LogP contribution in [0.2, 0.25) is 0 Å². The zero-order valence-electron chi connectivity index (χ0n) is 7.77.